The van der Waals surface area contributed by atoms with Gasteiger partial charge in [0.05, 0.1) is 35.6 Å². The Bertz CT molecular complexity index is 1190. The molecule has 0 atom stereocenters. The molecule has 0 aliphatic carbocycles. The number of amides is 2. The Morgan fingerprint density at radius 3 is 2.40 bits per heavy atom. The number of anilines is 3. The summed E-state index contributed by atoms with van der Waals surface area (Å²) in [5, 5.41) is 18.0. The second-order valence-corrected chi connectivity index (χ2v) is 9.32. The molecule has 0 radical (unpaired) electrons. The van der Waals surface area contributed by atoms with Crippen molar-refractivity contribution in [2.24, 2.45) is 0 Å². The average molecular weight is 481 g/mol. The van der Waals surface area contributed by atoms with Crippen LogP contribution >= 0.6 is 0 Å². The molecule has 0 fully saturated rings. The van der Waals surface area contributed by atoms with Crippen LogP contribution in [0, 0.1) is 0 Å². The summed E-state index contributed by atoms with van der Waals surface area (Å²) in [7, 11) is 0. The Morgan fingerprint density at radius 2 is 1.74 bits per heavy atom. The van der Waals surface area contributed by atoms with Crippen LogP contribution in [0.1, 0.15) is 50.9 Å². The first kappa shape index (κ1) is 25.4. The highest BCUT2D eigenvalue weighted by Gasteiger charge is 2.23. The molecule has 3 heterocycles. The molecule has 12 nitrogen and oxygen atoms in total. The second-order valence-electron chi connectivity index (χ2n) is 9.32. The van der Waals surface area contributed by atoms with Gasteiger partial charge in [0.15, 0.2) is 5.69 Å². The summed E-state index contributed by atoms with van der Waals surface area (Å²) in [5.41, 5.74) is -0.562. The highest BCUT2D eigenvalue weighted by atomic mass is 16.6. The average Bonchev–Trinajstić information content (AvgIpc) is 2.78. The summed E-state index contributed by atoms with van der Waals surface area (Å²) in [6.07, 6.45) is 6.51. The van der Waals surface area contributed by atoms with E-state index < -0.39 is 23.0 Å². The van der Waals surface area contributed by atoms with Gasteiger partial charge in [0.1, 0.15) is 17.8 Å². The maximum absolute atomic E-state index is 12.8. The van der Waals surface area contributed by atoms with Gasteiger partial charge >= 0.3 is 6.09 Å². The van der Waals surface area contributed by atoms with Crippen LogP contribution in [-0.2, 0) is 5.41 Å². The van der Waals surface area contributed by atoms with E-state index in [9.17, 15) is 14.7 Å². The van der Waals surface area contributed by atoms with Crippen molar-refractivity contribution in [2.45, 2.75) is 45.6 Å². The summed E-state index contributed by atoms with van der Waals surface area (Å²) in [5.74, 6) is -0.127. The Labute approximate surface area is 202 Å². The fourth-order valence-electron chi connectivity index (χ4n) is 2.70. The van der Waals surface area contributed by atoms with Crippen LogP contribution in [0.25, 0.3) is 0 Å². The SMILES string of the molecule is CC(C)(O)CNC(=O)c1ncccc1NC(=O)Oc1nc(C(C)(C)C)ncc1Nc1cncnc1. The summed E-state index contributed by atoms with van der Waals surface area (Å²) >= 11 is 0. The van der Waals surface area contributed by atoms with Gasteiger partial charge in [-0.2, -0.15) is 4.98 Å². The van der Waals surface area contributed by atoms with E-state index in [-0.39, 0.29) is 23.8 Å². The predicted molar refractivity (Wildman–Crippen MR) is 129 cm³/mol. The third kappa shape index (κ3) is 7.40. The molecule has 0 aliphatic rings. The minimum Gasteiger partial charge on any atom is -0.389 e. The predicted octanol–water partition coefficient (Wildman–Crippen LogP) is 2.81. The lowest BCUT2D eigenvalue weighted by molar-refractivity contribution is 0.0692. The highest BCUT2D eigenvalue weighted by molar-refractivity contribution is 6.01. The topological polar surface area (TPSA) is 164 Å². The van der Waals surface area contributed by atoms with Crippen molar-refractivity contribution in [1.29, 1.82) is 0 Å². The summed E-state index contributed by atoms with van der Waals surface area (Å²) in [6, 6.07) is 3.07. The number of carbonyl (C=O) groups excluding carboxylic acids is 2. The minimum atomic E-state index is -1.11. The third-order valence-corrected chi connectivity index (χ3v) is 4.39. The smallest absolute Gasteiger partial charge is 0.389 e. The Kier molecular flexibility index (Phi) is 7.55. The van der Waals surface area contributed by atoms with Gasteiger partial charge in [0.2, 0.25) is 0 Å². The van der Waals surface area contributed by atoms with Crippen molar-refractivity contribution >= 4 is 29.1 Å². The van der Waals surface area contributed by atoms with Crippen molar-refractivity contribution in [1.82, 2.24) is 30.2 Å². The number of hydrogen-bond donors (Lipinski definition) is 4. The fourth-order valence-corrected chi connectivity index (χ4v) is 2.70. The van der Waals surface area contributed by atoms with Crippen LogP contribution in [0.3, 0.4) is 0 Å². The summed E-state index contributed by atoms with van der Waals surface area (Å²) in [4.78, 5) is 46.1. The minimum absolute atomic E-state index is 0.00103. The zero-order chi connectivity index (χ0) is 25.6. The lowest BCUT2D eigenvalue weighted by atomic mass is 9.96. The molecule has 0 unspecified atom stereocenters. The van der Waals surface area contributed by atoms with E-state index in [0.717, 1.165) is 0 Å². The number of ether oxygens (including phenoxy) is 1. The van der Waals surface area contributed by atoms with E-state index in [4.69, 9.17) is 4.74 Å². The van der Waals surface area contributed by atoms with Crippen LogP contribution in [0.4, 0.5) is 21.9 Å². The van der Waals surface area contributed by atoms with Crippen molar-refractivity contribution < 1.29 is 19.4 Å². The van der Waals surface area contributed by atoms with Crippen LogP contribution in [-0.4, -0.2) is 54.2 Å². The molecular weight excluding hydrogens is 452 g/mol. The van der Waals surface area contributed by atoms with Crippen LogP contribution < -0.4 is 20.7 Å². The molecule has 12 heteroatoms. The van der Waals surface area contributed by atoms with E-state index in [0.29, 0.717) is 17.2 Å². The van der Waals surface area contributed by atoms with Crippen molar-refractivity contribution in [2.75, 3.05) is 17.2 Å². The fraction of sp³-hybridized carbons (Fsp3) is 0.348. The summed E-state index contributed by atoms with van der Waals surface area (Å²) in [6.45, 7) is 8.91. The summed E-state index contributed by atoms with van der Waals surface area (Å²) < 4.78 is 5.50. The maximum Gasteiger partial charge on any atom is 0.418 e. The highest BCUT2D eigenvalue weighted by Crippen LogP contribution is 2.28. The zero-order valence-corrected chi connectivity index (χ0v) is 20.2. The Hall–Kier alpha value is -4.19. The lowest BCUT2D eigenvalue weighted by Crippen LogP contribution is -2.38. The molecule has 3 rings (SSSR count). The molecular formula is C23H28N8O4. The van der Waals surface area contributed by atoms with E-state index in [1.165, 1.54) is 24.8 Å². The Morgan fingerprint density at radius 1 is 1.03 bits per heavy atom. The van der Waals surface area contributed by atoms with Gasteiger partial charge in [0.25, 0.3) is 11.8 Å². The number of pyridine rings is 1. The van der Waals surface area contributed by atoms with Gasteiger partial charge in [-0.15, -0.1) is 0 Å². The molecule has 0 saturated heterocycles. The molecule has 0 bridgehead atoms. The molecule has 0 saturated carbocycles. The molecule has 35 heavy (non-hydrogen) atoms. The number of hydrogen-bond acceptors (Lipinski definition) is 10. The van der Waals surface area contributed by atoms with Crippen molar-refractivity contribution in [3.05, 3.63) is 54.8 Å². The first-order valence-corrected chi connectivity index (χ1v) is 10.8. The number of rotatable bonds is 7. The van der Waals surface area contributed by atoms with Crippen molar-refractivity contribution in [3.63, 3.8) is 0 Å². The number of nitrogens with one attached hydrogen (secondary N) is 3. The van der Waals surface area contributed by atoms with Crippen LogP contribution in [0.5, 0.6) is 5.88 Å². The first-order chi connectivity index (χ1) is 16.4. The number of nitrogens with zero attached hydrogens (tertiary/aromatic N) is 5. The quantitative estimate of drug-likeness (QED) is 0.395. The largest absolute Gasteiger partial charge is 0.418 e. The third-order valence-electron chi connectivity index (χ3n) is 4.39. The Balaban J connectivity index is 1.82. The van der Waals surface area contributed by atoms with Gasteiger partial charge in [0, 0.05) is 18.2 Å². The number of aliphatic hydroxyl groups is 1. The van der Waals surface area contributed by atoms with Gasteiger partial charge in [-0.3, -0.25) is 10.1 Å². The van der Waals surface area contributed by atoms with E-state index in [1.54, 1.807) is 32.3 Å². The molecule has 0 aromatic carbocycles. The standard InChI is InChI=1S/C23H28N8O4/c1-22(2,3)20-27-11-16(29-14-9-24-13-25-10-14)19(31-20)35-21(33)30-15-7-6-8-26-17(15)18(32)28-12-23(4,5)34/h6-11,13,29,34H,12H2,1-5H3,(H,28,32)(H,30,33). The van der Waals surface area contributed by atoms with Gasteiger partial charge < -0.3 is 20.5 Å². The lowest BCUT2D eigenvalue weighted by Gasteiger charge is -2.19. The van der Waals surface area contributed by atoms with E-state index >= 15 is 0 Å². The molecule has 0 aliphatic heterocycles. The molecule has 2 amide bonds. The van der Waals surface area contributed by atoms with Crippen LogP contribution in [0.2, 0.25) is 0 Å². The molecule has 3 aromatic heterocycles. The van der Waals surface area contributed by atoms with Crippen molar-refractivity contribution in [3.8, 4) is 5.88 Å². The van der Waals surface area contributed by atoms with Gasteiger partial charge in [-0.25, -0.2) is 24.7 Å². The van der Waals surface area contributed by atoms with Gasteiger partial charge in [-0.05, 0) is 26.0 Å². The molecule has 4 N–H and O–H groups in total. The van der Waals surface area contributed by atoms with E-state index in [1.807, 2.05) is 20.8 Å². The maximum atomic E-state index is 12.8. The second kappa shape index (κ2) is 10.4. The first-order valence-electron chi connectivity index (χ1n) is 10.8. The molecule has 184 valence electrons. The number of carbonyl (C=O) groups is 2. The normalized spacial score (nSPS) is 11.5. The van der Waals surface area contributed by atoms with E-state index in [2.05, 4.69) is 40.9 Å². The zero-order valence-electron chi connectivity index (χ0n) is 20.2. The molecule has 3 aromatic rings. The van der Waals surface area contributed by atoms with Crippen LogP contribution in [0.15, 0.2) is 43.2 Å². The molecule has 0 spiro atoms. The monoisotopic (exact) mass is 480 g/mol. The number of aromatic nitrogens is 5. The van der Waals surface area contributed by atoms with Gasteiger partial charge in [-0.1, -0.05) is 20.8 Å².